The van der Waals surface area contributed by atoms with Gasteiger partial charge in [-0.3, -0.25) is 4.79 Å². The van der Waals surface area contributed by atoms with E-state index in [1.807, 2.05) is 0 Å². The number of carbonyl (C=O) groups is 1. The second kappa shape index (κ2) is 7.08. The fraction of sp³-hybridized carbons (Fsp3) is 0.500. The van der Waals surface area contributed by atoms with Crippen LogP contribution in [-0.2, 0) is 4.79 Å². The second-order valence-electron chi connectivity index (χ2n) is 3.42. The fourth-order valence-corrected chi connectivity index (χ4v) is 1.38. The van der Waals surface area contributed by atoms with E-state index in [1.165, 1.54) is 0 Å². The molecule has 0 fully saturated rings. The number of hydrogen-bond donors (Lipinski definition) is 0. The van der Waals surface area contributed by atoms with Crippen molar-refractivity contribution in [1.29, 1.82) is 5.26 Å². The van der Waals surface area contributed by atoms with Crippen molar-refractivity contribution in [1.82, 2.24) is 0 Å². The van der Waals surface area contributed by atoms with Gasteiger partial charge in [0.15, 0.2) is 0 Å². The first kappa shape index (κ1) is 12.6. The first-order valence-corrected chi connectivity index (χ1v) is 4.77. The first-order valence-electron chi connectivity index (χ1n) is 4.77. The van der Waals surface area contributed by atoms with Gasteiger partial charge in [0.05, 0.1) is 12.0 Å². The SMILES string of the molecule is C=CCC(C#N)CC(CC=C)C(C)=O. The van der Waals surface area contributed by atoms with Gasteiger partial charge < -0.3 is 0 Å². The molecule has 0 saturated carbocycles. The van der Waals surface area contributed by atoms with E-state index >= 15 is 0 Å². The molecular formula is C12H17NO. The number of Topliss-reactive ketones (excluding diaryl/α,β-unsaturated/α-hetero) is 1. The third kappa shape index (κ3) is 4.61. The summed E-state index contributed by atoms with van der Waals surface area (Å²) in [4.78, 5) is 11.2. The molecule has 0 bridgehead atoms. The zero-order valence-corrected chi connectivity index (χ0v) is 8.70. The zero-order chi connectivity index (χ0) is 11.0. The Bertz CT molecular complexity index is 250. The molecule has 0 aliphatic heterocycles. The predicted molar refractivity (Wildman–Crippen MR) is 57.5 cm³/mol. The van der Waals surface area contributed by atoms with Crippen molar-refractivity contribution in [3.05, 3.63) is 25.3 Å². The average Bonchev–Trinajstić information content (AvgIpc) is 2.15. The molecule has 2 nitrogen and oxygen atoms in total. The molecule has 0 aromatic heterocycles. The summed E-state index contributed by atoms with van der Waals surface area (Å²) in [6, 6.07) is 2.19. The average molecular weight is 191 g/mol. The third-order valence-corrected chi connectivity index (χ3v) is 2.23. The second-order valence-corrected chi connectivity index (χ2v) is 3.42. The van der Waals surface area contributed by atoms with Crippen molar-refractivity contribution in [3.8, 4) is 6.07 Å². The number of carbonyl (C=O) groups excluding carboxylic acids is 1. The molecular weight excluding hydrogens is 174 g/mol. The van der Waals surface area contributed by atoms with Crippen LogP contribution in [0.25, 0.3) is 0 Å². The monoisotopic (exact) mass is 191 g/mol. The number of rotatable bonds is 7. The Morgan fingerprint density at radius 1 is 1.43 bits per heavy atom. The van der Waals surface area contributed by atoms with Crippen molar-refractivity contribution >= 4 is 5.78 Å². The Hall–Kier alpha value is -1.36. The summed E-state index contributed by atoms with van der Waals surface area (Å²) in [5.74, 6) is -0.0207. The normalized spacial score (nSPS) is 13.7. The third-order valence-electron chi connectivity index (χ3n) is 2.23. The van der Waals surface area contributed by atoms with Gasteiger partial charge in [0.2, 0.25) is 0 Å². The van der Waals surface area contributed by atoms with Gasteiger partial charge in [-0.25, -0.2) is 0 Å². The highest BCUT2D eigenvalue weighted by molar-refractivity contribution is 5.78. The molecule has 0 aliphatic rings. The van der Waals surface area contributed by atoms with Gasteiger partial charge in [-0.2, -0.15) is 5.26 Å². The van der Waals surface area contributed by atoms with Gasteiger partial charge in [0, 0.05) is 5.92 Å². The van der Waals surface area contributed by atoms with Crippen LogP contribution in [0.3, 0.4) is 0 Å². The van der Waals surface area contributed by atoms with E-state index in [1.54, 1.807) is 19.1 Å². The molecule has 0 spiro atoms. The van der Waals surface area contributed by atoms with E-state index in [0.717, 1.165) is 0 Å². The van der Waals surface area contributed by atoms with Crippen LogP contribution in [0.2, 0.25) is 0 Å². The molecule has 0 amide bonds. The number of hydrogen-bond acceptors (Lipinski definition) is 2. The van der Waals surface area contributed by atoms with Crippen LogP contribution in [0, 0.1) is 23.2 Å². The lowest BCUT2D eigenvalue weighted by Crippen LogP contribution is -2.14. The number of nitrogens with zero attached hydrogens (tertiary/aromatic N) is 1. The largest absolute Gasteiger partial charge is 0.300 e. The Morgan fingerprint density at radius 2 is 2.00 bits per heavy atom. The maximum absolute atomic E-state index is 11.2. The van der Waals surface area contributed by atoms with E-state index in [9.17, 15) is 4.79 Å². The topological polar surface area (TPSA) is 40.9 Å². The molecule has 0 aromatic rings. The molecule has 0 heterocycles. The van der Waals surface area contributed by atoms with Crippen LogP contribution in [-0.4, -0.2) is 5.78 Å². The van der Waals surface area contributed by atoms with E-state index in [-0.39, 0.29) is 17.6 Å². The Kier molecular flexibility index (Phi) is 6.39. The highest BCUT2D eigenvalue weighted by Gasteiger charge is 2.17. The Balaban J connectivity index is 4.25. The highest BCUT2D eigenvalue weighted by atomic mass is 16.1. The summed E-state index contributed by atoms with van der Waals surface area (Å²) in [6.45, 7) is 8.76. The maximum atomic E-state index is 11.2. The summed E-state index contributed by atoms with van der Waals surface area (Å²) in [7, 11) is 0. The van der Waals surface area contributed by atoms with Gasteiger partial charge in [0.1, 0.15) is 5.78 Å². The van der Waals surface area contributed by atoms with Gasteiger partial charge in [-0.1, -0.05) is 12.2 Å². The predicted octanol–water partition coefficient (Wildman–Crippen LogP) is 2.87. The quantitative estimate of drug-likeness (QED) is 0.580. The first-order chi connectivity index (χ1) is 6.65. The summed E-state index contributed by atoms with van der Waals surface area (Å²) in [5.41, 5.74) is 0. The van der Waals surface area contributed by atoms with E-state index in [2.05, 4.69) is 19.2 Å². The fourth-order valence-electron chi connectivity index (χ4n) is 1.38. The summed E-state index contributed by atoms with van der Waals surface area (Å²) >= 11 is 0. The minimum absolute atomic E-state index is 0.0582. The van der Waals surface area contributed by atoms with E-state index in [0.29, 0.717) is 19.3 Å². The van der Waals surface area contributed by atoms with Crippen LogP contribution in [0.1, 0.15) is 26.2 Å². The van der Waals surface area contributed by atoms with Crippen LogP contribution in [0.4, 0.5) is 0 Å². The lowest BCUT2D eigenvalue weighted by atomic mass is 9.88. The maximum Gasteiger partial charge on any atom is 0.133 e. The Labute approximate surface area is 85.9 Å². The van der Waals surface area contributed by atoms with E-state index < -0.39 is 0 Å². The number of allylic oxidation sites excluding steroid dienone is 2. The van der Waals surface area contributed by atoms with Crippen molar-refractivity contribution in [3.63, 3.8) is 0 Å². The van der Waals surface area contributed by atoms with Crippen LogP contribution in [0.5, 0.6) is 0 Å². The van der Waals surface area contributed by atoms with Crippen molar-refractivity contribution < 1.29 is 4.79 Å². The van der Waals surface area contributed by atoms with Crippen LogP contribution < -0.4 is 0 Å². The molecule has 0 aliphatic carbocycles. The van der Waals surface area contributed by atoms with Gasteiger partial charge in [0.25, 0.3) is 0 Å². The molecule has 2 unspecified atom stereocenters. The summed E-state index contributed by atoms with van der Waals surface area (Å²) in [6.07, 6.45) is 5.37. The highest BCUT2D eigenvalue weighted by Crippen LogP contribution is 2.19. The molecule has 0 saturated heterocycles. The molecule has 0 rings (SSSR count). The smallest absolute Gasteiger partial charge is 0.133 e. The molecule has 2 heteroatoms. The van der Waals surface area contributed by atoms with Crippen molar-refractivity contribution in [2.75, 3.05) is 0 Å². The Morgan fingerprint density at radius 3 is 2.36 bits per heavy atom. The van der Waals surface area contributed by atoms with Gasteiger partial charge in [-0.15, -0.1) is 13.2 Å². The zero-order valence-electron chi connectivity index (χ0n) is 8.70. The number of nitriles is 1. The van der Waals surface area contributed by atoms with Crippen molar-refractivity contribution in [2.45, 2.75) is 26.2 Å². The minimum Gasteiger partial charge on any atom is -0.300 e. The molecule has 14 heavy (non-hydrogen) atoms. The van der Waals surface area contributed by atoms with Gasteiger partial charge in [-0.05, 0) is 26.2 Å². The molecule has 76 valence electrons. The minimum atomic E-state index is -0.0960. The van der Waals surface area contributed by atoms with Crippen molar-refractivity contribution in [2.24, 2.45) is 11.8 Å². The molecule has 0 N–H and O–H groups in total. The molecule has 2 atom stereocenters. The summed E-state index contributed by atoms with van der Waals surface area (Å²) in [5, 5.41) is 8.82. The van der Waals surface area contributed by atoms with Crippen LogP contribution in [0.15, 0.2) is 25.3 Å². The molecule has 0 aromatic carbocycles. The lowest BCUT2D eigenvalue weighted by Gasteiger charge is -2.14. The van der Waals surface area contributed by atoms with E-state index in [4.69, 9.17) is 5.26 Å². The standard InChI is InChI=1S/C12H17NO/c1-4-6-11(9-13)8-12(7-5-2)10(3)14/h4-5,11-12H,1-2,6-8H2,3H3. The van der Waals surface area contributed by atoms with Crippen LogP contribution >= 0.6 is 0 Å². The molecule has 0 radical (unpaired) electrons. The summed E-state index contributed by atoms with van der Waals surface area (Å²) < 4.78 is 0. The number of ketones is 1. The van der Waals surface area contributed by atoms with Gasteiger partial charge >= 0.3 is 0 Å². The lowest BCUT2D eigenvalue weighted by molar-refractivity contribution is -0.121.